The maximum absolute atomic E-state index is 12.4. The van der Waals surface area contributed by atoms with Crippen molar-refractivity contribution in [1.82, 2.24) is 10.3 Å². The summed E-state index contributed by atoms with van der Waals surface area (Å²) in [4.78, 5) is 28.5. The SMILES string of the molecule is O=C(Cc1cccc(Cl)c1)Nc1ccccc1CNC(=O)c1cccnc1. The van der Waals surface area contributed by atoms with Crippen molar-refractivity contribution in [2.24, 2.45) is 0 Å². The molecule has 0 saturated carbocycles. The first-order chi connectivity index (χ1) is 13.1. The van der Waals surface area contributed by atoms with Crippen LogP contribution in [-0.2, 0) is 17.8 Å². The van der Waals surface area contributed by atoms with Gasteiger partial charge < -0.3 is 10.6 Å². The molecule has 2 N–H and O–H groups in total. The molecule has 6 heteroatoms. The van der Waals surface area contributed by atoms with Gasteiger partial charge in [0.25, 0.3) is 5.91 Å². The lowest BCUT2D eigenvalue weighted by Gasteiger charge is -2.12. The zero-order valence-corrected chi connectivity index (χ0v) is 15.2. The summed E-state index contributed by atoms with van der Waals surface area (Å²) in [5, 5.41) is 6.33. The van der Waals surface area contributed by atoms with Gasteiger partial charge in [-0.1, -0.05) is 41.9 Å². The lowest BCUT2D eigenvalue weighted by molar-refractivity contribution is -0.115. The first kappa shape index (κ1) is 18.6. The number of amides is 2. The van der Waals surface area contributed by atoms with Gasteiger partial charge in [-0.2, -0.15) is 0 Å². The number of carbonyl (C=O) groups excluding carboxylic acids is 2. The number of hydrogen-bond donors (Lipinski definition) is 2. The number of para-hydroxylation sites is 1. The van der Waals surface area contributed by atoms with Gasteiger partial charge in [0.2, 0.25) is 5.91 Å². The van der Waals surface area contributed by atoms with E-state index in [1.54, 1.807) is 36.5 Å². The summed E-state index contributed by atoms with van der Waals surface area (Å²) < 4.78 is 0. The van der Waals surface area contributed by atoms with Gasteiger partial charge >= 0.3 is 0 Å². The highest BCUT2D eigenvalue weighted by molar-refractivity contribution is 6.30. The first-order valence-corrected chi connectivity index (χ1v) is 8.80. The molecule has 3 aromatic rings. The fraction of sp³-hybridized carbons (Fsp3) is 0.0952. The predicted octanol–water partition coefficient (Wildman–Crippen LogP) is 3.85. The van der Waals surface area contributed by atoms with E-state index < -0.39 is 0 Å². The molecular weight excluding hydrogens is 362 g/mol. The van der Waals surface area contributed by atoms with E-state index in [1.165, 1.54) is 6.20 Å². The number of anilines is 1. The predicted molar refractivity (Wildman–Crippen MR) is 106 cm³/mol. The summed E-state index contributed by atoms with van der Waals surface area (Å²) in [6.45, 7) is 0.293. The summed E-state index contributed by atoms with van der Waals surface area (Å²) in [6, 6.07) is 18.0. The minimum atomic E-state index is -0.219. The number of benzene rings is 2. The lowest BCUT2D eigenvalue weighted by Crippen LogP contribution is -2.24. The van der Waals surface area contributed by atoms with E-state index in [1.807, 2.05) is 30.3 Å². The van der Waals surface area contributed by atoms with E-state index in [2.05, 4.69) is 15.6 Å². The summed E-state index contributed by atoms with van der Waals surface area (Å²) in [5.74, 6) is -0.369. The fourth-order valence-electron chi connectivity index (χ4n) is 2.60. The van der Waals surface area contributed by atoms with E-state index in [0.29, 0.717) is 22.8 Å². The van der Waals surface area contributed by atoms with Crippen LogP contribution in [0.1, 0.15) is 21.5 Å². The van der Waals surface area contributed by atoms with Crippen LogP contribution in [0.5, 0.6) is 0 Å². The van der Waals surface area contributed by atoms with E-state index in [4.69, 9.17) is 11.6 Å². The summed E-state index contributed by atoms with van der Waals surface area (Å²) >= 11 is 5.96. The third-order valence-corrected chi connectivity index (χ3v) is 4.14. The average molecular weight is 380 g/mol. The fourth-order valence-corrected chi connectivity index (χ4v) is 2.81. The number of nitrogens with zero attached hydrogens (tertiary/aromatic N) is 1. The van der Waals surface area contributed by atoms with Crippen molar-refractivity contribution in [2.45, 2.75) is 13.0 Å². The van der Waals surface area contributed by atoms with Gasteiger partial charge in [0, 0.05) is 29.6 Å². The van der Waals surface area contributed by atoms with Gasteiger partial charge in [0.15, 0.2) is 0 Å². The monoisotopic (exact) mass is 379 g/mol. The maximum Gasteiger partial charge on any atom is 0.253 e. The Balaban J connectivity index is 1.63. The van der Waals surface area contributed by atoms with E-state index in [-0.39, 0.29) is 18.2 Å². The third kappa shape index (κ3) is 5.39. The molecular formula is C21H18ClN3O2. The number of nitrogens with one attached hydrogen (secondary N) is 2. The Morgan fingerprint density at radius 2 is 1.85 bits per heavy atom. The molecule has 0 spiro atoms. The van der Waals surface area contributed by atoms with Gasteiger partial charge in [-0.3, -0.25) is 14.6 Å². The molecule has 0 aliphatic heterocycles. The number of carbonyl (C=O) groups is 2. The number of halogens is 1. The van der Waals surface area contributed by atoms with Crippen LogP contribution in [0, 0.1) is 0 Å². The average Bonchev–Trinajstić information content (AvgIpc) is 2.67. The number of aromatic nitrogens is 1. The Hall–Kier alpha value is -3.18. The molecule has 3 rings (SSSR count). The zero-order valence-electron chi connectivity index (χ0n) is 14.5. The lowest BCUT2D eigenvalue weighted by atomic mass is 10.1. The topological polar surface area (TPSA) is 71.1 Å². The van der Waals surface area contributed by atoms with Crippen molar-refractivity contribution >= 4 is 29.1 Å². The van der Waals surface area contributed by atoms with Crippen LogP contribution in [-0.4, -0.2) is 16.8 Å². The largest absolute Gasteiger partial charge is 0.348 e. The normalized spacial score (nSPS) is 10.3. The van der Waals surface area contributed by atoms with Crippen molar-refractivity contribution < 1.29 is 9.59 Å². The molecule has 0 bridgehead atoms. The highest BCUT2D eigenvalue weighted by Gasteiger charge is 2.10. The minimum Gasteiger partial charge on any atom is -0.348 e. The Kier molecular flexibility index (Phi) is 6.18. The highest BCUT2D eigenvalue weighted by Crippen LogP contribution is 2.16. The highest BCUT2D eigenvalue weighted by atomic mass is 35.5. The van der Waals surface area contributed by atoms with Crippen molar-refractivity contribution in [3.63, 3.8) is 0 Å². The van der Waals surface area contributed by atoms with Gasteiger partial charge in [0.05, 0.1) is 12.0 Å². The molecule has 136 valence electrons. The number of rotatable bonds is 6. The molecule has 1 heterocycles. The molecule has 0 saturated heterocycles. The minimum absolute atomic E-state index is 0.150. The van der Waals surface area contributed by atoms with Crippen LogP contribution in [0.4, 0.5) is 5.69 Å². The zero-order chi connectivity index (χ0) is 19.1. The number of pyridine rings is 1. The second-order valence-electron chi connectivity index (χ2n) is 5.94. The molecule has 0 aliphatic carbocycles. The van der Waals surface area contributed by atoms with E-state index >= 15 is 0 Å². The van der Waals surface area contributed by atoms with Crippen LogP contribution in [0.2, 0.25) is 5.02 Å². The first-order valence-electron chi connectivity index (χ1n) is 8.42. The van der Waals surface area contributed by atoms with Crippen LogP contribution in [0.3, 0.4) is 0 Å². The molecule has 2 aromatic carbocycles. The molecule has 5 nitrogen and oxygen atoms in total. The second kappa shape index (κ2) is 8.96. The van der Waals surface area contributed by atoms with Crippen LogP contribution in [0.15, 0.2) is 73.1 Å². The van der Waals surface area contributed by atoms with Crippen molar-refractivity contribution in [3.8, 4) is 0 Å². The van der Waals surface area contributed by atoms with Crippen LogP contribution in [0.25, 0.3) is 0 Å². The molecule has 0 aliphatic rings. The molecule has 0 fully saturated rings. The van der Waals surface area contributed by atoms with Gasteiger partial charge in [-0.05, 0) is 41.5 Å². The molecule has 2 amide bonds. The Morgan fingerprint density at radius 1 is 1.00 bits per heavy atom. The smallest absolute Gasteiger partial charge is 0.253 e. The Labute approximate surface area is 162 Å². The van der Waals surface area contributed by atoms with Crippen molar-refractivity contribution in [1.29, 1.82) is 0 Å². The summed E-state index contributed by atoms with van der Waals surface area (Å²) in [7, 11) is 0. The molecule has 0 atom stereocenters. The van der Waals surface area contributed by atoms with E-state index in [0.717, 1.165) is 11.1 Å². The van der Waals surface area contributed by atoms with E-state index in [9.17, 15) is 9.59 Å². The summed E-state index contributed by atoms with van der Waals surface area (Å²) in [6.07, 6.45) is 3.34. The number of hydrogen-bond acceptors (Lipinski definition) is 3. The van der Waals surface area contributed by atoms with Crippen LogP contribution >= 0.6 is 11.6 Å². The standard InChI is InChI=1S/C21H18ClN3O2/c22-18-8-3-5-15(11-18)12-20(26)25-19-9-2-1-6-16(19)14-24-21(27)17-7-4-10-23-13-17/h1-11,13H,12,14H2,(H,24,27)(H,25,26). The maximum atomic E-state index is 12.4. The van der Waals surface area contributed by atoms with Gasteiger partial charge in [-0.15, -0.1) is 0 Å². The van der Waals surface area contributed by atoms with Crippen molar-refractivity contribution in [3.05, 3.63) is 94.8 Å². The Morgan fingerprint density at radius 3 is 2.63 bits per heavy atom. The molecule has 0 radical (unpaired) electrons. The quantitative estimate of drug-likeness (QED) is 0.683. The summed E-state index contributed by atoms with van der Waals surface area (Å²) in [5.41, 5.74) is 2.80. The molecule has 27 heavy (non-hydrogen) atoms. The molecule has 1 aromatic heterocycles. The van der Waals surface area contributed by atoms with Crippen molar-refractivity contribution in [2.75, 3.05) is 5.32 Å². The second-order valence-corrected chi connectivity index (χ2v) is 6.37. The third-order valence-electron chi connectivity index (χ3n) is 3.91. The van der Waals surface area contributed by atoms with Crippen LogP contribution < -0.4 is 10.6 Å². The van der Waals surface area contributed by atoms with Gasteiger partial charge in [-0.25, -0.2) is 0 Å². The van der Waals surface area contributed by atoms with Gasteiger partial charge in [0.1, 0.15) is 0 Å². The Bertz CT molecular complexity index is 945. The molecule has 0 unspecified atom stereocenters.